The van der Waals surface area contributed by atoms with E-state index >= 15 is 0 Å². The highest BCUT2D eigenvalue weighted by molar-refractivity contribution is 5.79. The number of likely N-dealkylation sites (tertiary alicyclic amines) is 1. The summed E-state index contributed by atoms with van der Waals surface area (Å²) in [7, 11) is 3.54. The van der Waals surface area contributed by atoms with E-state index in [9.17, 15) is 13.2 Å². The molecule has 1 aromatic heterocycles. The number of aromatic nitrogens is 2. The van der Waals surface area contributed by atoms with Crippen molar-refractivity contribution in [3.63, 3.8) is 0 Å². The number of hydrogen-bond donors (Lipinski definition) is 2. The number of hydrogen-bond acceptors (Lipinski definition) is 3. The van der Waals surface area contributed by atoms with Crippen molar-refractivity contribution in [1.29, 1.82) is 0 Å². The average molecular weight is 394 g/mol. The maximum absolute atomic E-state index is 12.6. The summed E-state index contributed by atoms with van der Waals surface area (Å²) in [5.74, 6) is 1.42. The molecule has 0 spiro atoms. The van der Waals surface area contributed by atoms with Crippen LogP contribution in [0, 0.1) is 0 Å². The predicted molar refractivity (Wildman–Crippen MR) is 103 cm³/mol. The summed E-state index contributed by atoms with van der Waals surface area (Å²) in [6, 6.07) is 9.86. The van der Waals surface area contributed by atoms with Crippen molar-refractivity contribution in [2.75, 3.05) is 33.7 Å². The summed E-state index contributed by atoms with van der Waals surface area (Å²) in [6.45, 7) is 0.418. The van der Waals surface area contributed by atoms with Gasteiger partial charge in [-0.2, -0.15) is 13.2 Å². The van der Waals surface area contributed by atoms with Crippen molar-refractivity contribution >= 4 is 5.96 Å². The molecule has 2 aromatic rings. The van der Waals surface area contributed by atoms with Crippen molar-refractivity contribution in [3.8, 4) is 11.3 Å². The van der Waals surface area contributed by atoms with E-state index in [2.05, 4.69) is 20.3 Å². The highest BCUT2D eigenvalue weighted by Crippen LogP contribution is 2.20. The Morgan fingerprint density at radius 3 is 2.79 bits per heavy atom. The molecule has 3 rings (SSSR count). The number of nitrogens with zero attached hydrogens (tertiary/aromatic N) is 4. The lowest BCUT2D eigenvalue weighted by Gasteiger charge is -2.24. The van der Waals surface area contributed by atoms with Crippen molar-refractivity contribution < 1.29 is 13.2 Å². The largest absolute Gasteiger partial charge is 0.401 e. The molecule has 28 heavy (non-hydrogen) atoms. The number of halogens is 3. The van der Waals surface area contributed by atoms with Gasteiger partial charge in [-0.1, -0.05) is 30.3 Å². The summed E-state index contributed by atoms with van der Waals surface area (Å²) in [5.41, 5.74) is 1.99. The van der Waals surface area contributed by atoms with Gasteiger partial charge in [0.2, 0.25) is 0 Å². The molecule has 0 saturated carbocycles. The molecule has 2 N–H and O–H groups in total. The molecule has 0 aliphatic carbocycles. The first-order valence-corrected chi connectivity index (χ1v) is 9.17. The fraction of sp³-hybridized carbons (Fsp3) is 0.474. The first-order chi connectivity index (χ1) is 13.3. The molecule has 1 fully saturated rings. The van der Waals surface area contributed by atoms with Gasteiger partial charge in [0.05, 0.1) is 25.0 Å². The first kappa shape index (κ1) is 20.2. The zero-order chi connectivity index (χ0) is 20.1. The number of nitrogens with one attached hydrogen (secondary N) is 2. The fourth-order valence-electron chi connectivity index (χ4n) is 3.38. The molecule has 1 aromatic carbocycles. The molecule has 1 aliphatic rings. The molecule has 1 saturated heterocycles. The molecule has 9 heteroatoms. The Labute approximate surface area is 162 Å². The highest BCUT2D eigenvalue weighted by Gasteiger charge is 2.34. The first-order valence-electron chi connectivity index (χ1n) is 9.17. The van der Waals surface area contributed by atoms with E-state index in [1.807, 2.05) is 42.3 Å². The molecule has 1 aliphatic heterocycles. The zero-order valence-electron chi connectivity index (χ0n) is 16.0. The van der Waals surface area contributed by atoms with E-state index in [4.69, 9.17) is 0 Å². The van der Waals surface area contributed by atoms with Gasteiger partial charge in [-0.3, -0.25) is 9.89 Å². The smallest absolute Gasteiger partial charge is 0.352 e. The Bertz CT molecular complexity index is 786. The minimum atomic E-state index is -4.16. The number of H-pyrrole nitrogens is 1. The van der Waals surface area contributed by atoms with Crippen LogP contribution in [0.3, 0.4) is 0 Å². The van der Waals surface area contributed by atoms with Crippen LogP contribution < -0.4 is 5.32 Å². The molecule has 0 bridgehead atoms. The van der Waals surface area contributed by atoms with E-state index in [0.717, 1.165) is 17.1 Å². The molecule has 1 atom stereocenters. The summed E-state index contributed by atoms with van der Waals surface area (Å²) in [4.78, 5) is 15.3. The summed E-state index contributed by atoms with van der Waals surface area (Å²) >= 11 is 0. The monoisotopic (exact) mass is 394 g/mol. The van der Waals surface area contributed by atoms with Crippen LogP contribution in [0.15, 0.2) is 41.5 Å². The third kappa shape index (κ3) is 5.48. The van der Waals surface area contributed by atoms with Gasteiger partial charge in [0.15, 0.2) is 5.96 Å². The van der Waals surface area contributed by atoms with Crippen LogP contribution >= 0.6 is 0 Å². The quantitative estimate of drug-likeness (QED) is 0.605. The van der Waals surface area contributed by atoms with Crippen LogP contribution in [0.1, 0.15) is 12.2 Å². The maximum Gasteiger partial charge on any atom is 0.401 e. The highest BCUT2D eigenvalue weighted by atomic mass is 19.4. The molecule has 0 radical (unpaired) electrons. The molecule has 152 valence electrons. The van der Waals surface area contributed by atoms with Gasteiger partial charge in [-0.05, 0) is 12.0 Å². The maximum atomic E-state index is 12.6. The standard InChI is InChI=1S/C19H25F3N6/c1-23-18(25-15-8-9-28(11-15)13-19(20,21)22)27(2)12-17-24-10-16(26-17)14-6-4-3-5-7-14/h3-7,10,15H,8-9,11-13H2,1-2H3,(H,23,25)(H,24,26). The van der Waals surface area contributed by atoms with Crippen LogP contribution in [0.5, 0.6) is 0 Å². The number of rotatable bonds is 5. The minimum absolute atomic E-state index is 0.0556. The lowest BCUT2D eigenvalue weighted by atomic mass is 10.2. The van der Waals surface area contributed by atoms with Crippen LogP contribution in [0.4, 0.5) is 13.2 Å². The van der Waals surface area contributed by atoms with Crippen LogP contribution in [-0.4, -0.2) is 71.7 Å². The van der Waals surface area contributed by atoms with Crippen molar-refractivity contribution in [1.82, 2.24) is 25.1 Å². The molecule has 1 unspecified atom stereocenters. The number of guanidine groups is 1. The van der Waals surface area contributed by atoms with Crippen molar-refractivity contribution in [2.24, 2.45) is 4.99 Å². The van der Waals surface area contributed by atoms with E-state index in [1.54, 1.807) is 13.2 Å². The third-order valence-electron chi connectivity index (χ3n) is 4.68. The van der Waals surface area contributed by atoms with Gasteiger partial charge < -0.3 is 15.2 Å². The SMILES string of the molecule is CN=C(NC1CCN(CC(F)(F)F)C1)N(C)Cc1ncc(-c2ccccc2)[nH]1. The topological polar surface area (TPSA) is 59.6 Å². The van der Waals surface area contributed by atoms with Crippen molar-refractivity contribution in [3.05, 3.63) is 42.4 Å². The Hall–Kier alpha value is -2.55. The Kier molecular flexibility index (Phi) is 6.23. The van der Waals surface area contributed by atoms with Gasteiger partial charge in [0, 0.05) is 33.2 Å². The predicted octanol–water partition coefficient (Wildman–Crippen LogP) is 2.72. The number of benzene rings is 1. The number of imidazole rings is 1. The van der Waals surface area contributed by atoms with E-state index in [-0.39, 0.29) is 6.04 Å². The van der Waals surface area contributed by atoms with Gasteiger partial charge in [0.25, 0.3) is 0 Å². The van der Waals surface area contributed by atoms with Gasteiger partial charge in [-0.15, -0.1) is 0 Å². The van der Waals surface area contributed by atoms with Gasteiger partial charge in [0.1, 0.15) is 5.82 Å². The lowest BCUT2D eigenvalue weighted by molar-refractivity contribution is -0.143. The zero-order valence-corrected chi connectivity index (χ0v) is 16.0. The fourth-order valence-corrected chi connectivity index (χ4v) is 3.38. The van der Waals surface area contributed by atoms with Gasteiger partial charge >= 0.3 is 6.18 Å². The second kappa shape index (κ2) is 8.64. The Balaban J connectivity index is 1.55. The van der Waals surface area contributed by atoms with E-state index in [0.29, 0.717) is 32.0 Å². The van der Waals surface area contributed by atoms with E-state index < -0.39 is 12.7 Å². The van der Waals surface area contributed by atoms with Gasteiger partial charge in [-0.25, -0.2) is 4.98 Å². The normalized spacial score (nSPS) is 18.5. The second-order valence-electron chi connectivity index (χ2n) is 6.99. The number of alkyl halides is 3. The second-order valence-corrected chi connectivity index (χ2v) is 6.99. The molecular weight excluding hydrogens is 369 g/mol. The molecule has 0 amide bonds. The Morgan fingerprint density at radius 1 is 1.36 bits per heavy atom. The van der Waals surface area contributed by atoms with Crippen molar-refractivity contribution in [2.45, 2.75) is 25.2 Å². The summed E-state index contributed by atoms with van der Waals surface area (Å²) in [6.07, 6.45) is -1.72. The number of aliphatic imine (C=N–C) groups is 1. The van der Waals surface area contributed by atoms with Crippen LogP contribution in [0.25, 0.3) is 11.3 Å². The summed E-state index contributed by atoms with van der Waals surface area (Å²) < 4.78 is 37.7. The minimum Gasteiger partial charge on any atom is -0.352 e. The van der Waals surface area contributed by atoms with Crippen LogP contribution in [-0.2, 0) is 6.54 Å². The van der Waals surface area contributed by atoms with E-state index in [1.165, 1.54) is 4.90 Å². The molecular formula is C19H25F3N6. The molecule has 6 nitrogen and oxygen atoms in total. The van der Waals surface area contributed by atoms with Crippen LogP contribution in [0.2, 0.25) is 0 Å². The summed E-state index contributed by atoms with van der Waals surface area (Å²) in [5, 5.41) is 3.27. The third-order valence-corrected chi connectivity index (χ3v) is 4.68. The lowest BCUT2D eigenvalue weighted by Crippen LogP contribution is -2.45. The molecule has 2 heterocycles. The average Bonchev–Trinajstić information content (AvgIpc) is 3.28. The Morgan fingerprint density at radius 2 is 2.11 bits per heavy atom. The number of aromatic amines is 1.